The van der Waals surface area contributed by atoms with Crippen molar-refractivity contribution in [3.63, 3.8) is 0 Å². The zero-order chi connectivity index (χ0) is 12.1. The minimum atomic E-state index is -0.259. The molecule has 2 heteroatoms. The number of rotatable bonds is 9. The highest BCUT2D eigenvalue weighted by molar-refractivity contribution is 5.66. The van der Waals surface area contributed by atoms with Crippen LogP contribution in [0.2, 0.25) is 0 Å². The Hall–Kier alpha value is -1.31. The van der Waals surface area contributed by atoms with Gasteiger partial charge in [0, 0.05) is 6.92 Å². The Kier molecular flexibility index (Phi) is 10.8. The fraction of sp³-hybridized carbons (Fsp3) is 0.500. The summed E-state index contributed by atoms with van der Waals surface area (Å²) in [6.07, 6.45) is 16.3. The summed E-state index contributed by atoms with van der Waals surface area (Å²) in [6.45, 7) is 5.02. The predicted octanol–water partition coefficient (Wildman–Crippen LogP) is 4.15. The Labute approximate surface area is 98.7 Å². The topological polar surface area (TPSA) is 26.3 Å². The van der Waals surface area contributed by atoms with Crippen LogP contribution in [0.15, 0.2) is 37.1 Å². The molecule has 0 bridgehead atoms. The summed E-state index contributed by atoms with van der Waals surface area (Å²) in [5, 5.41) is 0. The van der Waals surface area contributed by atoms with Gasteiger partial charge >= 0.3 is 5.97 Å². The molecule has 0 rings (SSSR count). The molecule has 90 valence electrons. The first-order valence-electron chi connectivity index (χ1n) is 5.87. The molecular weight excluding hydrogens is 200 g/mol. The maximum Gasteiger partial charge on any atom is 0.307 e. The molecule has 0 heterocycles. The zero-order valence-electron chi connectivity index (χ0n) is 10.2. The molecule has 0 aromatic rings. The van der Waals surface area contributed by atoms with E-state index < -0.39 is 0 Å². The second-order valence-electron chi connectivity index (χ2n) is 3.64. The van der Waals surface area contributed by atoms with Crippen molar-refractivity contribution in [3.8, 4) is 0 Å². The van der Waals surface area contributed by atoms with Crippen LogP contribution in [0.1, 0.15) is 45.4 Å². The number of esters is 1. The molecule has 0 amide bonds. The molecule has 0 unspecified atom stereocenters. The number of carbonyl (C=O) groups excluding carboxylic acids is 1. The normalized spacial score (nSPS) is 11.1. The molecule has 0 aliphatic rings. The van der Waals surface area contributed by atoms with Crippen LogP contribution in [0.25, 0.3) is 0 Å². The molecule has 0 fully saturated rings. The van der Waals surface area contributed by atoms with Gasteiger partial charge in [0.2, 0.25) is 0 Å². The molecular formula is C14H22O2. The van der Waals surface area contributed by atoms with Gasteiger partial charge in [-0.3, -0.25) is 4.79 Å². The molecule has 16 heavy (non-hydrogen) atoms. The van der Waals surface area contributed by atoms with Crippen molar-refractivity contribution in [2.75, 3.05) is 0 Å². The number of carbonyl (C=O) groups is 1. The maximum absolute atomic E-state index is 10.4. The third kappa shape index (κ3) is 12.7. The predicted molar refractivity (Wildman–Crippen MR) is 67.9 cm³/mol. The molecule has 0 saturated heterocycles. The van der Waals surface area contributed by atoms with Crippen molar-refractivity contribution >= 4 is 5.97 Å². The first-order chi connectivity index (χ1) is 7.77. The molecule has 0 aliphatic carbocycles. The lowest BCUT2D eigenvalue weighted by molar-refractivity contribution is -0.135. The van der Waals surface area contributed by atoms with E-state index in [-0.39, 0.29) is 5.97 Å². The van der Waals surface area contributed by atoms with Gasteiger partial charge < -0.3 is 4.74 Å². The van der Waals surface area contributed by atoms with Crippen LogP contribution in [0.3, 0.4) is 0 Å². The standard InChI is InChI=1S/C14H22O2/c1-3-4-5-6-7-8-9-10-11-12-13-16-14(2)15/h3-5,12-13H,1,6-11H2,2H3. The molecule has 2 nitrogen and oxygen atoms in total. The van der Waals surface area contributed by atoms with Crippen LogP contribution in [-0.4, -0.2) is 5.97 Å². The zero-order valence-corrected chi connectivity index (χ0v) is 10.2. The average Bonchev–Trinajstić information content (AvgIpc) is 2.25. The second-order valence-corrected chi connectivity index (χ2v) is 3.64. The van der Waals surface area contributed by atoms with Gasteiger partial charge in [0.25, 0.3) is 0 Å². The number of hydrogen-bond acceptors (Lipinski definition) is 2. The van der Waals surface area contributed by atoms with E-state index in [1.807, 2.05) is 12.2 Å². The maximum atomic E-state index is 10.4. The van der Waals surface area contributed by atoms with E-state index in [0.29, 0.717) is 0 Å². The number of ether oxygens (including phenoxy) is 1. The smallest absolute Gasteiger partial charge is 0.307 e. The number of unbranched alkanes of at least 4 members (excludes halogenated alkanes) is 5. The largest absolute Gasteiger partial charge is 0.435 e. The van der Waals surface area contributed by atoms with Crippen LogP contribution < -0.4 is 0 Å². The Morgan fingerprint density at radius 1 is 1.12 bits per heavy atom. The van der Waals surface area contributed by atoms with Crippen LogP contribution >= 0.6 is 0 Å². The van der Waals surface area contributed by atoms with Crippen LogP contribution in [0.5, 0.6) is 0 Å². The number of allylic oxidation sites excluding steroid dienone is 4. The van der Waals surface area contributed by atoms with Crippen molar-refractivity contribution in [1.82, 2.24) is 0 Å². The first kappa shape index (κ1) is 14.7. The summed E-state index contributed by atoms with van der Waals surface area (Å²) >= 11 is 0. The lowest BCUT2D eigenvalue weighted by Gasteiger charge is -1.96. The molecule has 0 aromatic carbocycles. The van der Waals surface area contributed by atoms with Gasteiger partial charge in [0.1, 0.15) is 0 Å². The molecule has 0 saturated carbocycles. The van der Waals surface area contributed by atoms with Crippen LogP contribution in [0, 0.1) is 0 Å². The summed E-state index contributed by atoms with van der Waals surface area (Å²) in [4.78, 5) is 10.4. The van der Waals surface area contributed by atoms with E-state index in [1.54, 1.807) is 6.08 Å². The number of hydrogen-bond donors (Lipinski definition) is 0. The van der Waals surface area contributed by atoms with E-state index in [4.69, 9.17) is 0 Å². The third-order valence-corrected chi connectivity index (χ3v) is 2.09. The lowest BCUT2D eigenvalue weighted by Crippen LogP contribution is -1.89. The van der Waals surface area contributed by atoms with Crippen molar-refractivity contribution < 1.29 is 9.53 Å². The van der Waals surface area contributed by atoms with Crippen molar-refractivity contribution in [1.29, 1.82) is 0 Å². The van der Waals surface area contributed by atoms with Crippen molar-refractivity contribution in [2.45, 2.75) is 45.4 Å². The molecule has 0 radical (unpaired) electrons. The van der Waals surface area contributed by atoms with Gasteiger partial charge in [-0.15, -0.1) is 0 Å². The Morgan fingerprint density at radius 2 is 1.75 bits per heavy atom. The highest BCUT2D eigenvalue weighted by Gasteiger charge is 1.88. The summed E-state index contributed by atoms with van der Waals surface area (Å²) in [5.74, 6) is -0.259. The summed E-state index contributed by atoms with van der Waals surface area (Å²) in [7, 11) is 0. The minimum Gasteiger partial charge on any atom is -0.435 e. The van der Waals surface area contributed by atoms with Gasteiger partial charge in [-0.05, 0) is 31.8 Å². The molecule has 0 N–H and O–H groups in total. The lowest BCUT2D eigenvalue weighted by atomic mass is 10.1. The van der Waals surface area contributed by atoms with E-state index in [2.05, 4.69) is 17.4 Å². The van der Waals surface area contributed by atoms with Crippen molar-refractivity contribution in [3.05, 3.63) is 37.1 Å². The van der Waals surface area contributed by atoms with Gasteiger partial charge in [-0.2, -0.15) is 0 Å². The summed E-state index contributed by atoms with van der Waals surface area (Å²) < 4.78 is 4.68. The van der Waals surface area contributed by atoms with Gasteiger partial charge in [0.15, 0.2) is 0 Å². The quantitative estimate of drug-likeness (QED) is 0.253. The van der Waals surface area contributed by atoms with E-state index >= 15 is 0 Å². The fourth-order valence-electron chi connectivity index (χ4n) is 1.28. The van der Waals surface area contributed by atoms with E-state index in [9.17, 15) is 4.79 Å². The SMILES string of the molecule is C=CC=CCCCCCCC=COC(C)=O. The summed E-state index contributed by atoms with van der Waals surface area (Å²) in [6, 6.07) is 0. The average molecular weight is 222 g/mol. The summed E-state index contributed by atoms with van der Waals surface area (Å²) in [5.41, 5.74) is 0. The van der Waals surface area contributed by atoms with E-state index in [0.717, 1.165) is 19.3 Å². The first-order valence-corrected chi connectivity index (χ1v) is 5.87. The van der Waals surface area contributed by atoms with Gasteiger partial charge in [-0.1, -0.05) is 37.6 Å². The Morgan fingerprint density at radius 3 is 2.31 bits per heavy atom. The van der Waals surface area contributed by atoms with Crippen LogP contribution in [-0.2, 0) is 9.53 Å². The Balaban J connectivity index is 3.15. The third-order valence-electron chi connectivity index (χ3n) is 2.09. The molecule has 0 aromatic heterocycles. The van der Waals surface area contributed by atoms with Crippen LogP contribution in [0.4, 0.5) is 0 Å². The second kappa shape index (κ2) is 11.8. The van der Waals surface area contributed by atoms with Crippen molar-refractivity contribution in [2.24, 2.45) is 0 Å². The molecule has 0 spiro atoms. The highest BCUT2D eigenvalue weighted by atomic mass is 16.5. The molecule has 0 aliphatic heterocycles. The fourth-order valence-corrected chi connectivity index (χ4v) is 1.28. The highest BCUT2D eigenvalue weighted by Crippen LogP contribution is 2.06. The van der Waals surface area contributed by atoms with Gasteiger partial charge in [-0.25, -0.2) is 0 Å². The molecule has 0 atom stereocenters. The van der Waals surface area contributed by atoms with E-state index in [1.165, 1.54) is 32.4 Å². The Bertz CT molecular complexity index is 239. The monoisotopic (exact) mass is 222 g/mol. The minimum absolute atomic E-state index is 0.259. The van der Waals surface area contributed by atoms with Gasteiger partial charge in [0.05, 0.1) is 6.26 Å².